The van der Waals surface area contributed by atoms with Gasteiger partial charge in [0.2, 0.25) is 11.9 Å². The number of aliphatic hydroxyl groups is 1. The van der Waals surface area contributed by atoms with Crippen molar-refractivity contribution in [2.24, 2.45) is 0 Å². The summed E-state index contributed by atoms with van der Waals surface area (Å²) in [6.45, 7) is 12.7. The molecule has 306 valence electrons. The summed E-state index contributed by atoms with van der Waals surface area (Å²) in [6, 6.07) is 8.30. The van der Waals surface area contributed by atoms with Gasteiger partial charge in [0.15, 0.2) is 5.82 Å². The summed E-state index contributed by atoms with van der Waals surface area (Å²) in [5.74, 6) is 1.02. The lowest BCUT2D eigenvalue weighted by Gasteiger charge is -2.43. The van der Waals surface area contributed by atoms with Crippen LogP contribution in [0.1, 0.15) is 70.6 Å². The van der Waals surface area contributed by atoms with E-state index in [9.17, 15) is 24.9 Å². The van der Waals surface area contributed by atoms with Gasteiger partial charge in [-0.2, -0.15) is 0 Å². The zero-order valence-corrected chi connectivity index (χ0v) is 33.3. The Morgan fingerprint density at radius 3 is 2.41 bits per heavy atom. The number of carbonyl (C=O) groups is 2. The predicted molar refractivity (Wildman–Crippen MR) is 216 cm³/mol. The van der Waals surface area contributed by atoms with E-state index in [1.165, 1.54) is 6.07 Å². The van der Waals surface area contributed by atoms with Crippen LogP contribution in [0, 0.1) is 0 Å². The van der Waals surface area contributed by atoms with Crippen LogP contribution in [0.5, 0.6) is 11.5 Å². The fraction of sp³-hybridized carbons (Fsp3) is 0.476. The Morgan fingerprint density at radius 2 is 1.67 bits per heavy atom. The van der Waals surface area contributed by atoms with Crippen molar-refractivity contribution in [2.45, 2.75) is 71.4 Å². The van der Waals surface area contributed by atoms with Crippen molar-refractivity contribution in [1.82, 2.24) is 39.5 Å². The first-order valence-corrected chi connectivity index (χ1v) is 20.1. The molecule has 0 aliphatic carbocycles. The second-order valence-electron chi connectivity index (χ2n) is 16.1. The lowest BCUT2D eigenvalue weighted by molar-refractivity contribution is -0.143. The van der Waals surface area contributed by atoms with Crippen molar-refractivity contribution in [2.75, 3.05) is 69.7 Å². The molecule has 2 fully saturated rings. The van der Waals surface area contributed by atoms with Gasteiger partial charge >= 0.3 is 0 Å². The Bertz CT molecular complexity index is 2180. The molecule has 1 unspecified atom stereocenters. The summed E-state index contributed by atoms with van der Waals surface area (Å²) in [5, 5.41) is 31.4. The van der Waals surface area contributed by atoms with Crippen LogP contribution >= 0.6 is 0 Å². The number of aromatic hydroxyl groups is 2. The van der Waals surface area contributed by atoms with Crippen molar-refractivity contribution in [3.63, 3.8) is 0 Å². The van der Waals surface area contributed by atoms with Crippen molar-refractivity contribution >= 4 is 23.6 Å². The maximum Gasteiger partial charge on any atom is 0.258 e. The predicted octanol–water partition coefficient (Wildman–Crippen LogP) is 2.49. The summed E-state index contributed by atoms with van der Waals surface area (Å²) < 4.78 is 5.62. The second kappa shape index (κ2) is 16.4. The number of nitrogens with zero attached hydrogens (tertiary/aromatic N) is 9. The number of nitrogens with two attached hydrogens (primary N) is 1. The number of fused-ring (bicyclic) bond motifs is 2. The van der Waals surface area contributed by atoms with Gasteiger partial charge in [-0.15, -0.1) is 0 Å². The summed E-state index contributed by atoms with van der Waals surface area (Å²) >= 11 is 0. The maximum atomic E-state index is 14.2. The Kier molecular flexibility index (Phi) is 11.2. The van der Waals surface area contributed by atoms with Gasteiger partial charge < -0.3 is 40.5 Å². The van der Waals surface area contributed by atoms with E-state index in [1.807, 2.05) is 25.7 Å². The topological polar surface area (TPSA) is 198 Å². The molecule has 2 atom stereocenters. The molecule has 0 spiro atoms. The standard InChI is InChI=1S/C42H52N10O6/c1-25(2)33-15-34(37(55)16-36(33)54)41(57)51-20-28-5-4-27(14-29(28)21-51)19-48-8-9-52(31(22-48)24-53)40(56)26(3)50-7-6-32-35(23-50)46-38(30-17-44-42(43)45-18-30)47-39(32)49-10-12-58-13-11-49/h4-5,14-18,25-26,31,53-55H,6-13,19-24H2,1-3H3,(H2,43,44,45)/t26?,31-/m1/s1. The van der Waals surface area contributed by atoms with E-state index in [1.54, 1.807) is 23.4 Å². The molecule has 6 heterocycles. The van der Waals surface area contributed by atoms with Gasteiger partial charge in [0.25, 0.3) is 5.91 Å². The molecule has 4 aliphatic rings. The van der Waals surface area contributed by atoms with Gasteiger partial charge in [-0.25, -0.2) is 19.9 Å². The van der Waals surface area contributed by atoms with Crippen molar-refractivity contribution in [3.8, 4) is 22.9 Å². The zero-order chi connectivity index (χ0) is 40.7. The van der Waals surface area contributed by atoms with Crippen molar-refractivity contribution in [1.29, 1.82) is 0 Å². The van der Waals surface area contributed by atoms with Crippen LogP contribution in [0.2, 0.25) is 0 Å². The molecule has 4 aromatic rings. The Balaban J connectivity index is 0.912. The summed E-state index contributed by atoms with van der Waals surface area (Å²) in [4.78, 5) is 56.2. The van der Waals surface area contributed by atoms with Crippen LogP contribution in [-0.4, -0.2) is 138 Å². The molecule has 0 bridgehead atoms. The van der Waals surface area contributed by atoms with Gasteiger partial charge in [-0.1, -0.05) is 32.0 Å². The molecular formula is C42H52N10O6. The number of carbonyl (C=O) groups excluding carboxylic acids is 2. The van der Waals surface area contributed by atoms with E-state index in [2.05, 4.69) is 42.9 Å². The molecule has 5 N–H and O–H groups in total. The summed E-state index contributed by atoms with van der Waals surface area (Å²) in [5.41, 5.74) is 12.4. The number of anilines is 2. The number of phenols is 2. The highest BCUT2D eigenvalue weighted by molar-refractivity contribution is 5.97. The Morgan fingerprint density at radius 1 is 0.914 bits per heavy atom. The first kappa shape index (κ1) is 39.4. The van der Waals surface area contributed by atoms with E-state index in [-0.39, 0.29) is 53.4 Å². The Labute approximate surface area is 337 Å². The molecule has 16 heteroatoms. The van der Waals surface area contributed by atoms with Gasteiger partial charge in [0, 0.05) is 89.5 Å². The van der Waals surface area contributed by atoms with E-state index >= 15 is 0 Å². The van der Waals surface area contributed by atoms with Crippen molar-refractivity contribution in [3.05, 3.63) is 81.8 Å². The molecule has 0 radical (unpaired) electrons. The number of amides is 2. The Hall–Kier alpha value is -5.42. The summed E-state index contributed by atoms with van der Waals surface area (Å²) in [7, 11) is 0. The molecule has 2 aromatic carbocycles. The number of piperazine rings is 1. The number of benzene rings is 2. The SMILES string of the molecule is CC(C)c1cc(C(=O)N2Cc3ccc(CN4CCN(C(=O)C(C)N5CCc6c(nc(-c7cnc(N)nc7)nc6N6CCOCC6)C5)[C@@H](CO)C4)cc3C2)c(O)cc1O. The van der Waals surface area contributed by atoms with E-state index in [4.69, 9.17) is 20.4 Å². The average Bonchev–Trinajstić information content (AvgIpc) is 3.66. The van der Waals surface area contributed by atoms with E-state index in [0.717, 1.165) is 46.9 Å². The highest BCUT2D eigenvalue weighted by atomic mass is 16.5. The molecule has 8 rings (SSSR count). The molecule has 16 nitrogen and oxygen atoms in total. The highest BCUT2D eigenvalue weighted by Crippen LogP contribution is 2.35. The van der Waals surface area contributed by atoms with Crippen LogP contribution < -0.4 is 10.6 Å². The maximum absolute atomic E-state index is 14.2. The molecule has 2 aromatic heterocycles. The van der Waals surface area contributed by atoms with Crippen LogP contribution in [0.3, 0.4) is 0 Å². The van der Waals surface area contributed by atoms with E-state index in [0.29, 0.717) is 88.9 Å². The number of ether oxygens (including phenoxy) is 1. The fourth-order valence-corrected chi connectivity index (χ4v) is 8.63. The lowest BCUT2D eigenvalue weighted by atomic mass is 9.98. The number of morpholine rings is 1. The molecular weight excluding hydrogens is 741 g/mol. The minimum Gasteiger partial charge on any atom is -0.508 e. The van der Waals surface area contributed by atoms with Gasteiger partial charge in [-0.3, -0.25) is 19.4 Å². The first-order chi connectivity index (χ1) is 28.0. The zero-order valence-electron chi connectivity index (χ0n) is 33.3. The number of rotatable bonds is 9. The van der Waals surface area contributed by atoms with Crippen LogP contribution in [0.15, 0.2) is 42.7 Å². The first-order valence-electron chi connectivity index (χ1n) is 20.1. The third-order valence-corrected chi connectivity index (χ3v) is 12.0. The largest absolute Gasteiger partial charge is 0.508 e. The van der Waals surface area contributed by atoms with Crippen LogP contribution in [0.4, 0.5) is 11.8 Å². The monoisotopic (exact) mass is 792 g/mol. The number of phenolic OH excluding ortho intramolecular Hbond substituents is 2. The minimum absolute atomic E-state index is 0.00954. The minimum atomic E-state index is -0.429. The lowest BCUT2D eigenvalue weighted by Crippen LogP contribution is -2.60. The van der Waals surface area contributed by atoms with Gasteiger partial charge in [-0.05, 0) is 47.6 Å². The number of aliphatic hydroxyl groups excluding tert-OH is 1. The smallest absolute Gasteiger partial charge is 0.258 e. The number of aromatic nitrogens is 4. The third kappa shape index (κ3) is 7.88. The van der Waals surface area contributed by atoms with Gasteiger partial charge in [0.05, 0.1) is 48.7 Å². The highest BCUT2D eigenvalue weighted by Gasteiger charge is 2.37. The van der Waals surface area contributed by atoms with Crippen molar-refractivity contribution < 1.29 is 29.6 Å². The normalized spacial score (nSPS) is 19.3. The second-order valence-corrected chi connectivity index (χ2v) is 16.1. The number of nitrogen functional groups attached to an aromatic ring is 1. The fourth-order valence-electron chi connectivity index (χ4n) is 8.63. The molecule has 0 saturated carbocycles. The quantitative estimate of drug-likeness (QED) is 0.193. The van der Waals surface area contributed by atoms with Gasteiger partial charge in [0.1, 0.15) is 17.3 Å². The van der Waals surface area contributed by atoms with Crippen LogP contribution in [-0.2, 0) is 42.1 Å². The number of hydrogen-bond acceptors (Lipinski definition) is 14. The number of hydrogen-bond donors (Lipinski definition) is 4. The molecule has 2 amide bonds. The molecule has 58 heavy (non-hydrogen) atoms. The third-order valence-electron chi connectivity index (χ3n) is 12.0. The van der Waals surface area contributed by atoms with Crippen LogP contribution in [0.25, 0.3) is 11.4 Å². The molecule has 4 aliphatic heterocycles. The molecule has 2 saturated heterocycles. The summed E-state index contributed by atoms with van der Waals surface area (Å²) in [6.07, 6.45) is 3.95. The van der Waals surface area contributed by atoms with E-state index < -0.39 is 6.04 Å². The average molecular weight is 793 g/mol.